The Hall–Kier alpha value is -4.87. The molecule has 0 unspecified atom stereocenters. The van der Waals surface area contributed by atoms with Crippen LogP contribution in [-0.2, 0) is 25.4 Å². The molecule has 226 valence electrons. The lowest BCUT2D eigenvalue weighted by Crippen LogP contribution is -2.20. The van der Waals surface area contributed by atoms with Crippen LogP contribution in [0, 0.1) is 12.7 Å². The lowest BCUT2D eigenvalue weighted by molar-refractivity contribution is -0.137. The molecule has 0 aliphatic carbocycles. The summed E-state index contributed by atoms with van der Waals surface area (Å²) in [6, 6.07) is 11.6. The summed E-state index contributed by atoms with van der Waals surface area (Å²) in [5.41, 5.74) is 2.19. The zero-order valence-electron chi connectivity index (χ0n) is 23.7. The van der Waals surface area contributed by atoms with E-state index in [0.717, 1.165) is 29.8 Å². The number of carbonyl (C=O) groups excluding carboxylic acids is 2. The van der Waals surface area contributed by atoms with Crippen LogP contribution in [-0.4, -0.2) is 36.2 Å². The van der Waals surface area contributed by atoms with E-state index >= 15 is 0 Å². The number of nitrogens with one attached hydrogen (secondary N) is 3. The number of urea groups is 1. The Morgan fingerprint density at radius 1 is 0.907 bits per heavy atom. The van der Waals surface area contributed by atoms with Crippen molar-refractivity contribution in [3.05, 3.63) is 100 Å². The number of aryl methyl sites for hydroxylation is 4. The first kappa shape index (κ1) is 31.1. The van der Waals surface area contributed by atoms with Gasteiger partial charge in [-0.25, -0.2) is 9.18 Å². The van der Waals surface area contributed by atoms with Crippen LogP contribution in [0.5, 0.6) is 11.5 Å². The van der Waals surface area contributed by atoms with Gasteiger partial charge >= 0.3 is 12.2 Å². The van der Waals surface area contributed by atoms with Gasteiger partial charge in [-0.1, -0.05) is 6.07 Å². The number of methoxy groups -OCH3 is 2. The minimum absolute atomic E-state index is 0.137. The van der Waals surface area contributed by atoms with E-state index in [2.05, 4.69) is 20.8 Å². The van der Waals surface area contributed by atoms with Gasteiger partial charge in [0.05, 0.1) is 26.0 Å². The number of hydrogen-bond acceptors (Lipinski definition) is 5. The summed E-state index contributed by atoms with van der Waals surface area (Å²) in [6.07, 6.45) is -1.57. The lowest BCUT2D eigenvalue weighted by atomic mass is 10.00. The van der Waals surface area contributed by atoms with Gasteiger partial charge in [0.1, 0.15) is 23.0 Å². The second kappa shape index (κ2) is 13.4. The molecule has 0 saturated heterocycles. The van der Waals surface area contributed by atoms with Crippen LogP contribution >= 0.6 is 0 Å². The number of hydrogen-bond donors (Lipinski definition) is 3. The third kappa shape index (κ3) is 8.12. The van der Waals surface area contributed by atoms with Gasteiger partial charge in [-0.15, -0.1) is 0 Å². The molecule has 43 heavy (non-hydrogen) atoms. The van der Waals surface area contributed by atoms with E-state index < -0.39 is 23.6 Å². The quantitative estimate of drug-likeness (QED) is 0.126. The summed E-state index contributed by atoms with van der Waals surface area (Å²) in [7, 11) is 3.11. The molecule has 1 heterocycles. The van der Waals surface area contributed by atoms with Crippen molar-refractivity contribution in [1.29, 1.82) is 0 Å². The fraction of sp³-hybridized carbons (Fsp3) is 0.258. The molecule has 0 bridgehead atoms. The van der Waals surface area contributed by atoms with Gasteiger partial charge in [-0.2, -0.15) is 18.3 Å². The first-order chi connectivity index (χ1) is 20.5. The number of benzene rings is 3. The third-order valence-corrected chi connectivity index (χ3v) is 6.81. The fourth-order valence-electron chi connectivity index (χ4n) is 4.58. The maximum absolute atomic E-state index is 14.4. The molecule has 1 aromatic heterocycles. The van der Waals surface area contributed by atoms with Crippen LogP contribution in [0.15, 0.2) is 60.8 Å². The molecule has 8 nitrogen and oxygen atoms in total. The average Bonchev–Trinajstić information content (AvgIpc) is 3.43. The number of carbonyl (C=O) groups is 2. The number of amides is 2. The first-order valence-corrected chi connectivity index (χ1v) is 13.3. The van der Waals surface area contributed by atoms with Crippen LogP contribution in [0.25, 0.3) is 0 Å². The van der Waals surface area contributed by atoms with E-state index in [1.54, 1.807) is 38.6 Å². The van der Waals surface area contributed by atoms with E-state index in [1.165, 1.54) is 13.0 Å². The molecular weight excluding hydrogens is 568 g/mol. The van der Waals surface area contributed by atoms with Crippen molar-refractivity contribution in [2.75, 3.05) is 24.9 Å². The Bertz CT molecular complexity index is 1620. The zero-order valence-corrected chi connectivity index (χ0v) is 23.7. The highest BCUT2D eigenvalue weighted by atomic mass is 19.4. The number of ketones is 1. The number of alkyl halides is 3. The van der Waals surface area contributed by atoms with Gasteiger partial charge in [0.2, 0.25) is 0 Å². The number of aromatic nitrogens is 2. The predicted octanol–water partition coefficient (Wildman–Crippen LogP) is 7.14. The standard InChI is InChI=1S/C31H30F4N4O4/c1-18-12-22(31(33,34)35)8-10-26(18)38-30(41)37-24-14-19(13-23(32)15-24)4-5-21-17-36-39-29(21)27(40)11-7-20-6-9-25(42-2)16-28(20)43-3/h6,8-10,12-17H,4-5,7,11H2,1-3H3,(H,36,39)(H2,37,38,41). The monoisotopic (exact) mass is 598 g/mol. The predicted molar refractivity (Wildman–Crippen MR) is 153 cm³/mol. The average molecular weight is 599 g/mol. The van der Waals surface area contributed by atoms with Crippen LogP contribution in [0.1, 0.15) is 44.7 Å². The molecule has 0 saturated carbocycles. The number of anilines is 2. The summed E-state index contributed by atoms with van der Waals surface area (Å²) >= 11 is 0. The van der Waals surface area contributed by atoms with Crippen molar-refractivity contribution in [3.8, 4) is 11.5 Å². The van der Waals surface area contributed by atoms with Crippen molar-refractivity contribution in [3.63, 3.8) is 0 Å². The van der Waals surface area contributed by atoms with Crippen molar-refractivity contribution in [2.45, 2.75) is 38.8 Å². The minimum atomic E-state index is -4.50. The SMILES string of the molecule is COc1ccc(CCC(=O)c2[nH]ncc2CCc2cc(F)cc(NC(=O)Nc3ccc(C(F)(F)F)cc3C)c2)c(OC)c1. The van der Waals surface area contributed by atoms with Crippen LogP contribution in [0.4, 0.5) is 33.7 Å². The maximum atomic E-state index is 14.4. The second-order valence-electron chi connectivity index (χ2n) is 9.83. The van der Waals surface area contributed by atoms with Crippen molar-refractivity contribution in [2.24, 2.45) is 0 Å². The summed E-state index contributed by atoms with van der Waals surface area (Å²) in [4.78, 5) is 25.5. The van der Waals surface area contributed by atoms with E-state index in [1.807, 2.05) is 6.07 Å². The van der Waals surface area contributed by atoms with Gasteiger partial charge in [0, 0.05) is 29.4 Å². The Labute approximate surface area is 245 Å². The smallest absolute Gasteiger partial charge is 0.416 e. The fourth-order valence-corrected chi connectivity index (χ4v) is 4.58. The highest BCUT2D eigenvalue weighted by Gasteiger charge is 2.30. The number of ether oxygens (including phenoxy) is 2. The Morgan fingerprint density at radius 3 is 2.40 bits per heavy atom. The summed E-state index contributed by atoms with van der Waals surface area (Å²) in [6.45, 7) is 1.44. The molecule has 3 N–H and O–H groups in total. The molecule has 12 heteroatoms. The van der Waals surface area contributed by atoms with Crippen LogP contribution in [0.3, 0.4) is 0 Å². The topological polar surface area (TPSA) is 105 Å². The molecule has 0 fully saturated rings. The van der Waals surface area contributed by atoms with Crippen LogP contribution < -0.4 is 20.1 Å². The van der Waals surface area contributed by atoms with Crippen LogP contribution in [0.2, 0.25) is 0 Å². The summed E-state index contributed by atoms with van der Waals surface area (Å²) < 4.78 is 63.8. The Morgan fingerprint density at radius 2 is 1.70 bits per heavy atom. The largest absolute Gasteiger partial charge is 0.497 e. The van der Waals surface area contributed by atoms with E-state index in [9.17, 15) is 27.2 Å². The van der Waals surface area contributed by atoms with E-state index in [4.69, 9.17) is 9.47 Å². The van der Waals surface area contributed by atoms with E-state index in [-0.39, 0.29) is 29.1 Å². The number of aromatic amines is 1. The van der Waals surface area contributed by atoms with E-state index in [0.29, 0.717) is 47.6 Å². The van der Waals surface area contributed by atoms with Crippen molar-refractivity contribution >= 4 is 23.2 Å². The van der Waals surface area contributed by atoms with Gasteiger partial charge in [-0.05, 0) is 85.3 Å². The molecule has 2 amide bonds. The number of rotatable bonds is 11. The Balaban J connectivity index is 1.37. The summed E-state index contributed by atoms with van der Waals surface area (Å²) in [5.74, 6) is 0.543. The molecule has 0 spiro atoms. The highest BCUT2D eigenvalue weighted by Crippen LogP contribution is 2.32. The normalized spacial score (nSPS) is 11.2. The number of Topliss-reactive ketones (excluding diaryl/α,β-unsaturated/α-hetero) is 1. The molecule has 0 radical (unpaired) electrons. The minimum Gasteiger partial charge on any atom is -0.497 e. The Kier molecular flexibility index (Phi) is 9.69. The molecule has 0 atom stereocenters. The lowest BCUT2D eigenvalue weighted by Gasteiger charge is -2.13. The third-order valence-electron chi connectivity index (χ3n) is 6.81. The highest BCUT2D eigenvalue weighted by molar-refractivity contribution is 6.00. The van der Waals surface area contributed by atoms with Gasteiger partial charge in [-0.3, -0.25) is 9.89 Å². The molecule has 4 aromatic rings. The van der Waals surface area contributed by atoms with Gasteiger partial charge in [0.15, 0.2) is 5.78 Å². The van der Waals surface area contributed by atoms with Crippen molar-refractivity contribution in [1.82, 2.24) is 10.2 Å². The van der Waals surface area contributed by atoms with Crippen molar-refractivity contribution < 1.29 is 36.6 Å². The van der Waals surface area contributed by atoms with Gasteiger partial charge < -0.3 is 20.1 Å². The molecule has 0 aliphatic heterocycles. The number of nitrogens with zero attached hydrogens (tertiary/aromatic N) is 1. The second-order valence-corrected chi connectivity index (χ2v) is 9.83. The molecule has 3 aromatic carbocycles. The zero-order chi connectivity index (χ0) is 31.1. The molecular formula is C31H30F4N4O4. The van der Waals surface area contributed by atoms with Gasteiger partial charge in [0.25, 0.3) is 0 Å². The summed E-state index contributed by atoms with van der Waals surface area (Å²) in [5, 5.41) is 11.8. The number of H-pyrrole nitrogens is 1. The number of halogens is 4. The maximum Gasteiger partial charge on any atom is 0.416 e. The first-order valence-electron chi connectivity index (χ1n) is 13.3. The molecule has 0 aliphatic rings. The molecule has 4 rings (SSSR count).